The van der Waals surface area contributed by atoms with E-state index in [9.17, 15) is 9.18 Å². The van der Waals surface area contributed by atoms with Gasteiger partial charge in [0, 0.05) is 49.2 Å². The Morgan fingerprint density at radius 2 is 2.23 bits per heavy atom. The normalized spacial score (nSPS) is 17.8. The van der Waals surface area contributed by atoms with Gasteiger partial charge in [-0.3, -0.25) is 19.4 Å². The number of alkyl halides is 1. The van der Waals surface area contributed by atoms with Crippen molar-refractivity contribution in [2.75, 3.05) is 19.6 Å². The van der Waals surface area contributed by atoms with Crippen molar-refractivity contribution in [3.63, 3.8) is 0 Å². The first-order valence-electron chi connectivity index (χ1n) is 8.69. The summed E-state index contributed by atoms with van der Waals surface area (Å²) in [4.78, 5) is 23.2. The van der Waals surface area contributed by atoms with E-state index in [-0.39, 0.29) is 18.7 Å². The maximum Gasteiger partial charge on any atom is 0.152 e. The number of hydrogen-bond acceptors (Lipinski definition) is 5. The Kier molecular flexibility index (Phi) is 4.46. The second-order valence-corrected chi connectivity index (χ2v) is 6.80. The average molecular weight is 353 g/mol. The van der Waals surface area contributed by atoms with E-state index in [2.05, 4.69) is 15.1 Å². The summed E-state index contributed by atoms with van der Waals surface area (Å²) in [5.41, 5.74) is 3.27. The van der Waals surface area contributed by atoms with E-state index < -0.39 is 6.17 Å². The first kappa shape index (κ1) is 16.8. The third kappa shape index (κ3) is 3.62. The molecule has 26 heavy (non-hydrogen) atoms. The summed E-state index contributed by atoms with van der Waals surface area (Å²) >= 11 is 0. The number of likely N-dealkylation sites (tertiary alicyclic amines) is 1. The number of halogens is 1. The van der Waals surface area contributed by atoms with Crippen LogP contribution < -0.4 is 0 Å². The molecule has 4 heterocycles. The highest BCUT2D eigenvalue weighted by Gasteiger charge is 2.23. The zero-order chi connectivity index (χ0) is 18.1. The van der Waals surface area contributed by atoms with Gasteiger partial charge in [0.1, 0.15) is 6.17 Å². The smallest absolute Gasteiger partial charge is 0.152 e. The van der Waals surface area contributed by atoms with Gasteiger partial charge < -0.3 is 0 Å². The number of pyridine rings is 2. The van der Waals surface area contributed by atoms with Crippen LogP contribution in [0.4, 0.5) is 4.39 Å². The highest BCUT2D eigenvalue weighted by Crippen LogP contribution is 2.20. The fourth-order valence-electron chi connectivity index (χ4n) is 3.31. The lowest BCUT2D eigenvalue weighted by Gasteiger charge is -2.13. The van der Waals surface area contributed by atoms with Crippen LogP contribution in [0.5, 0.6) is 0 Å². The average Bonchev–Trinajstić information content (AvgIpc) is 3.22. The molecule has 7 heteroatoms. The first-order chi connectivity index (χ1) is 12.6. The van der Waals surface area contributed by atoms with Crippen molar-refractivity contribution in [2.24, 2.45) is 7.05 Å². The summed E-state index contributed by atoms with van der Waals surface area (Å²) in [6.07, 6.45) is 5.37. The Labute approximate surface area is 150 Å². The van der Waals surface area contributed by atoms with Crippen molar-refractivity contribution in [2.45, 2.75) is 19.0 Å². The van der Waals surface area contributed by atoms with Gasteiger partial charge in [0.15, 0.2) is 5.78 Å². The Morgan fingerprint density at radius 3 is 2.96 bits per heavy atom. The van der Waals surface area contributed by atoms with Gasteiger partial charge in [-0.05, 0) is 24.6 Å². The van der Waals surface area contributed by atoms with E-state index in [1.54, 1.807) is 17.1 Å². The van der Waals surface area contributed by atoms with Gasteiger partial charge in [-0.25, -0.2) is 9.37 Å². The Morgan fingerprint density at radius 1 is 1.35 bits per heavy atom. The number of carbonyl (C=O) groups is 1. The third-order valence-corrected chi connectivity index (χ3v) is 4.62. The molecule has 3 aromatic heterocycles. The zero-order valence-electron chi connectivity index (χ0n) is 14.6. The molecule has 3 aromatic rings. The number of hydrogen-bond donors (Lipinski definition) is 0. The van der Waals surface area contributed by atoms with Gasteiger partial charge in [-0.15, -0.1) is 0 Å². The maximum atomic E-state index is 13.2. The Hall–Kier alpha value is -2.67. The molecule has 1 aliphatic rings. The molecule has 0 saturated carbocycles. The van der Waals surface area contributed by atoms with Gasteiger partial charge in [0.25, 0.3) is 0 Å². The van der Waals surface area contributed by atoms with Crippen LogP contribution in [0.3, 0.4) is 0 Å². The number of nitrogens with zero attached hydrogens (tertiary/aromatic N) is 5. The molecule has 0 bridgehead atoms. The quantitative estimate of drug-likeness (QED) is 0.703. The minimum atomic E-state index is -0.809. The van der Waals surface area contributed by atoms with Crippen molar-refractivity contribution in [1.29, 1.82) is 0 Å². The highest BCUT2D eigenvalue weighted by atomic mass is 19.1. The molecule has 0 aromatic carbocycles. The van der Waals surface area contributed by atoms with E-state index in [0.29, 0.717) is 25.2 Å². The van der Waals surface area contributed by atoms with Crippen molar-refractivity contribution in [3.05, 3.63) is 42.5 Å². The van der Waals surface area contributed by atoms with Crippen LogP contribution >= 0.6 is 0 Å². The lowest BCUT2D eigenvalue weighted by Crippen LogP contribution is -2.29. The molecule has 0 amide bonds. The van der Waals surface area contributed by atoms with Crippen LogP contribution in [0, 0.1) is 0 Å². The number of fused-ring (bicyclic) bond motifs is 1. The van der Waals surface area contributed by atoms with Crippen molar-refractivity contribution < 1.29 is 9.18 Å². The van der Waals surface area contributed by atoms with Gasteiger partial charge in [-0.2, -0.15) is 5.10 Å². The van der Waals surface area contributed by atoms with Crippen molar-refractivity contribution >= 4 is 16.7 Å². The molecule has 0 spiro atoms. The van der Waals surface area contributed by atoms with Crippen LogP contribution in [-0.2, 0) is 18.3 Å². The highest BCUT2D eigenvalue weighted by molar-refractivity contribution is 5.85. The second kappa shape index (κ2) is 6.92. The minimum absolute atomic E-state index is 0.0503. The fraction of sp³-hybridized carbons (Fsp3) is 0.368. The maximum absolute atomic E-state index is 13.2. The summed E-state index contributed by atoms with van der Waals surface area (Å²) in [5.74, 6) is 0.0503. The monoisotopic (exact) mass is 353 g/mol. The topological polar surface area (TPSA) is 63.9 Å². The first-order valence-corrected chi connectivity index (χ1v) is 8.69. The van der Waals surface area contributed by atoms with E-state index in [1.807, 2.05) is 36.3 Å². The van der Waals surface area contributed by atoms with Crippen LogP contribution in [0.25, 0.3) is 22.2 Å². The molecule has 0 N–H and O–H groups in total. The van der Waals surface area contributed by atoms with Crippen LogP contribution in [-0.4, -0.2) is 56.2 Å². The molecule has 1 atom stereocenters. The Balaban J connectivity index is 1.51. The molecular weight excluding hydrogens is 333 g/mol. The van der Waals surface area contributed by atoms with Gasteiger partial charge >= 0.3 is 0 Å². The number of rotatable bonds is 5. The van der Waals surface area contributed by atoms with Crippen LogP contribution in [0.1, 0.15) is 12.1 Å². The summed E-state index contributed by atoms with van der Waals surface area (Å²) in [6.45, 7) is 1.28. The van der Waals surface area contributed by atoms with Gasteiger partial charge in [0.05, 0.1) is 30.4 Å². The number of aromatic nitrogens is 4. The molecule has 0 radical (unpaired) electrons. The molecule has 1 fully saturated rings. The number of Topliss-reactive ketones (excluding diaryl/α,β-unsaturated/α-hetero) is 1. The zero-order valence-corrected chi connectivity index (χ0v) is 14.6. The fourth-order valence-corrected chi connectivity index (χ4v) is 3.31. The van der Waals surface area contributed by atoms with Crippen molar-refractivity contribution in [1.82, 2.24) is 24.6 Å². The molecular formula is C19H20FN5O. The van der Waals surface area contributed by atoms with Crippen LogP contribution in [0.15, 0.2) is 36.8 Å². The molecule has 4 rings (SSSR count). The van der Waals surface area contributed by atoms with E-state index in [0.717, 1.165) is 22.2 Å². The summed E-state index contributed by atoms with van der Waals surface area (Å²) in [7, 11) is 1.86. The lowest BCUT2D eigenvalue weighted by atomic mass is 10.1. The second-order valence-electron chi connectivity index (χ2n) is 6.80. The number of aryl methyl sites for hydroxylation is 1. The largest absolute Gasteiger partial charge is 0.298 e. The van der Waals surface area contributed by atoms with Crippen LogP contribution in [0.2, 0.25) is 0 Å². The summed E-state index contributed by atoms with van der Waals surface area (Å²) < 4.78 is 15.0. The third-order valence-electron chi connectivity index (χ3n) is 4.62. The number of carbonyl (C=O) groups excluding carboxylic acids is 1. The minimum Gasteiger partial charge on any atom is -0.298 e. The molecule has 134 valence electrons. The van der Waals surface area contributed by atoms with E-state index in [4.69, 9.17) is 0 Å². The van der Waals surface area contributed by atoms with E-state index in [1.165, 1.54) is 0 Å². The predicted molar refractivity (Wildman–Crippen MR) is 96.4 cm³/mol. The summed E-state index contributed by atoms with van der Waals surface area (Å²) in [5, 5.41) is 5.10. The van der Waals surface area contributed by atoms with Crippen molar-refractivity contribution in [3.8, 4) is 11.3 Å². The SMILES string of the molecule is Cn1cc(-c2ccc3cnc(CC(=O)CN4CC[C@H](F)C4)cc3n2)cn1. The standard InChI is InChI=1S/C19H20FN5O/c1-24-10-14(9-22-24)18-3-2-13-8-21-16(7-19(13)23-18)6-17(26)12-25-5-4-15(20)11-25/h2-3,7-10,15H,4-6,11-12H2,1H3/t15-/m0/s1. The van der Waals surface area contributed by atoms with Gasteiger partial charge in [-0.1, -0.05) is 0 Å². The molecule has 0 aliphatic carbocycles. The predicted octanol–water partition coefficient (Wildman–Crippen LogP) is 2.19. The summed E-state index contributed by atoms with van der Waals surface area (Å²) in [6, 6.07) is 5.76. The van der Waals surface area contributed by atoms with Gasteiger partial charge in [0.2, 0.25) is 0 Å². The molecule has 1 saturated heterocycles. The molecule has 6 nitrogen and oxygen atoms in total. The molecule has 0 unspecified atom stereocenters. The molecule has 1 aliphatic heterocycles. The Bertz CT molecular complexity index is 954. The number of ketones is 1. The lowest BCUT2D eigenvalue weighted by molar-refractivity contribution is -0.119. The van der Waals surface area contributed by atoms with E-state index >= 15 is 0 Å².